The Morgan fingerprint density at radius 1 is 0.960 bits per heavy atom. The van der Waals surface area contributed by atoms with Crippen molar-refractivity contribution < 1.29 is 14.6 Å². The van der Waals surface area contributed by atoms with Gasteiger partial charge >= 0.3 is 0 Å². The second-order valence-electron chi connectivity index (χ2n) is 5.55. The predicted octanol–water partition coefficient (Wildman–Crippen LogP) is 2.60. The van der Waals surface area contributed by atoms with E-state index in [0.29, 0.717) is 29.7 Å². The number of halogens is 1. The highest BCUT2D eigenvalue weighted by atomic mass is 35.5. The minimum absolute atomic E-state index is 0.161. The normalized spacial score (nSPS) is 10.7. The van der Waals surface area contributed by atoms with E-state index in [0.717, 1.165) is 30.8 Å². The molecule has 0 unspecified atom stereocenters. The van der Waals surface area contributed by atoms with Crippen molar-refractivity contribution in [2.45, 2.75) is 13.2 Å². The molecule has 5 nitrogen and oxygen atoms in total. The number of ether oxygens (including phenoxy) is 2. The van der Waals surface area contributed by atoms with Crippen LogP contribution in [0.5, 0.6) is 11.5 Å². The smallest absolute Gasteiger partial charge is 0.161 e. The van der Waals surface area contributed by atoms with Gasteiger partial charge in [0, 0.05) is 31.2 Å². The molecule has 0 saturated carbocycles. The van der Waals surface area contributed by atoms with Crippen LogP contribution in [0.3, 0.4) is 0 Å². The number of hydrogen-bond donors (Lipinski definition) is 3. The second-order valence-corrected chi connectivity index (χ2v) is 5.99. The summed E-state index contributed by atoms with van der Waals surface area (Å²) in [7, 11) is 1.64. The molecular weight excluding hydrogens is 340 g/mol. The molecule has 0 aliphatic heterocycles. The molecular formula is C19H25ClN2O3. The van der Waals surface area contributed by atoms with Crippen molar-refractivity contribution in [2.75, 3.05) is 33.4 Å². The van der Waals surface area contributed by atoms with Crippen LogP contribution in [0.2, 0.25) is 5.02 Å². The number of aliphatic hydroxyl groups excluding tert-OH is 1. The van der Waals surface area contributed by atoms with E-state index in [2.05, 4.69) is 10.6 Å². The van der Waals surface area contributed by atoms with Crippen molar-refractivity contribution in [3.05, 3.63) is 58.6 Å². The average molecular weight is 365 g/mol. The molecule has 0 heterocycles. The van der Waals surface area contributed by atoms with Crippen LogP contribution in [0, 0.1) is 0 Å². The summed E-state index contributed by atoms with van der Waals surface area (Å²) in [6.07, 6.45) is 0. The lowest BCUT2D eigenvalue weighted by molar-refractivity contribution is 0.284. The minimum atomic E-state index is 0.161. The Kier molecular flexibility index (Phi) is 8.55. The molecule has 0 saturated heterocycles. The van der Waals surface area contributed by atoms with E-state index in [1.54, 1.807) is 7.11 Å². The largest absolute Gasteiger partial charge is 0.493 e. The van der Waals surface area contributed by atoms with Crippen molar-refractivity contribution >= 4 is 11.6 Å². The van der Waals surface area contributed by atoms with Gasteiger partial charge in [0.1, 0.15) is 6.61 Å². The fraction of sp³-hybridized carbons (Fsp3) is 0.368. The number of aliphatic hydroxyl groups is 1. The maximum atomic E-state index is 8.70. The molecule has 6 heteroatoms. The number of nitrogens with one attached hydrogen (secondary N) is 2. The van der Waals surface area contributed by atoms with Gasteiger partial charge < -0.3 is 25.2 Å². The highest BCUT2D eigenvalue weighted by molar-refractivity contribution is 6.30. The van der Waals surface area contributed by atoms with Crippen molar-refractivity contribution in [3.8, 4) is 11.5 Å². The Morgan fingerprint density at radius 2 is 1.80 bits per heavy atom. The molecule has 0 atom stereocenters. The maximum absolute atomic E-state index is 8.70. The molecule has 0 radical (unpaired) electrons. The van der Waals surface area contributed by atoms with Crippen molar-refractivity contribution in [1.29, 1.82) is 0 Å². The Balaban J connectivity index is 1.85. The van der Waals surface area contributed by atoms with Crippen LogP contribution in [0.25, 0.3) is 0 Å². The fourth-order valence-corrected chi connectivity index (χ4v) is 2.56. The van der Waals surface area contributed by atoms with E-state index in [4.69, 9.17) is 26.2 Å². The van der Waals surface area contributed by atoms with E-state index >= 15 is 0 Å². The molecule has 0 aliphatic carbocycles. The van der Waals surface area contributed by atoms with Crippen LogP contribution < -0.4 is 20.1 Å². The first kappa shape index (κ1) is 19.5. The van der Waals surface area contributed by atoms with Gasteiger partial charge in [-0.25, -0.2) is 0 Å². The van der Waals surface area contributed by atoms with E-state index in [9.17, 15) is 0 Å². The first-order valence-corrected chi connectivity index (χ1v) is 8.67. The molecule has 0 aromatic heterocycles. The van der Waals surface area contributed by atoms with Crippen LogP contribution >= 0.6 is 11.6 Å². The number of rotatable bonds is 11. The number of hydrogen-bond acceptors (Lipinski definition) is 5. The molecule has 25 heavy (non-hydrogen) atoms. The highest BCUT2D eigenvalue weighted by Crippen LogP contribution is 2.29. The zero-order valence-electron chi connectivity index (χ0n) is 14.4. The SMILES string of the molecule is COc1cc(CNCCNCCO)ccc1OCc1cccc(Cl)c1. The molecule has 0 fully saturated rings. The Bertz CT molecular complexity index is 652. The lowest BCUT2D eigenvalue weighted by Gasteiger charge is -2.13. The van der Waals surface area contributed by atoms with Gasteiger partial charge in [-0.3, -0.25) is 0 Å². The van der Waals surface area contributed by atoms with Crippen LogP contribution in [-0.2, 0) is 13.2 Å². The van der Waals surface area contributed by atoms with Gasteiger partial charge in [0.05, 0.1) is 13.7 Å². The maximum Gasteiger partial charge on any atom is 0.161 e. The van der Waals surface area contributed by atoms with Crippen LogP contribution in [0.4, 0.5) is 0 Å². The second kappa shape index (κ2) is 10.9. The van der Waals surface area contributed by atoms with Gasteiger partial charge in [0.2, 0.25) is 0 Å². The van der Waals surface area contributed by atoms with Gasteiger partial charge in [0.15, 0.2) is 11.5 Å². The van der Waals surface area contributed by atoms with E-state index in [-0.39, 0.29) is 6.61 Å². The van der Waals surface area contributed by atoms with Crippen molar-refractivity contribution in [3.63, 3.8) is 0 Å². The quantitative estimate of drug-likeness (QED) is 0.535. The van der Waals surface area contributed by atoms with Gasteiger partial charge in [-0.2, -0.15) is 0 Å². The van der Waals surface area contributed by atoms with Gasteiger partial charge in [-0.15, -0.1) is 0 Å². The highest BCUT2D eigenvalue weighted by Gasteiger charge is 2.06. The summed E-state index contributed by atoms with van der Waals surface area (Å²) in [6.45, 7) is 3.60. The summed E-state index contributed by atoms with van der Waals surface area (Å²) in [5.41, 5.74) is 2.13. The summed E-state index contributed by atoms with van der Waals surface area (Å²) in [5.74, 6) is 1.41. The zero-order chi connectivity index (χ0) is 17.9. The van der Waals surface area contributed by atoms with Crippen LogP contribution in [-0.4, -0.2) is 38.5 Å². The summed E-state index contributed by atoms with van der Waals surface area (Å²) >= 11 is 5.99. The number of benzene rings is 2. The van der Waals surface area contributed by atoms with Crippen LogP contribution in [0.1, 0.15) is 11.1 Å². The van der Waals surface area contributed by atoms with Gasteiger partial charge in [-0.1, -0.05) is 29.8 Å². The lowest BCUT2D eigenvalue weighted by atomic mass is 10.2. The molecule has 2 aromatic rings. The topological polar surface area (TPSA) is 62.8 Å². The average Bonchev–Trinajstić information content (AvgIpc) is 2.63. The minimum Gasteiger partial charge on any atom is -0.493 e. The first-order valence-electron chi connectivity index (χ1n) is 8.29. The molecule has 136 valence electrons. The third kappa shape index (κ3) is 6.92. The summed E-state index contributed by atoms with van der Waals surface area (Å²) in [4.78, 5) is 0. The summed E-state index contributed by atoms with van der Waals surface area (Å²) in [6, 6.07) is 13.5. The Hall–Kier alpha value is -1.79. The molecule has 2 rings (SSSR count). The van der Waals surface area contributed by atoms with Crippen molar-refractivity contribution in [2.24, 2.45) is 0 Å². The van der Waals surface area contributed by atoms with E-state index in [1.807, 2.05) is 42.5 Å². The molecule has 0 amide bonds. The van der Waals surface area contributed by atoms with Crippen molar-refractivity contribution in [1.82, 2.24) is 10.6 Å². The summed E-state index contributed by atoms with van der Waals surface area (Å²) < 4.78 is 11.3. The van der Waals surface area contributed by atoms with E-state index in [1.165, 1.54) is 0 Å². The Labute approximate surface area is 153 Å². The number of methoxy groups -OCH3 is 1. The molecule has 2 aromatic carbocycles. The monoisotopic (exact) mass is 364 g/mol. The third-order valence-corrected chi connectivity index (χ3v) is 3.84. The lowest BCUT2D eigenvalue weighted by Crippen LogP contribution is -2.28. The van der Waals surface area contributed by atoms with Crippen LogP contribution in [0.15, 0.2) is 42.5 Å². The Morgan fingerprint density at radius 3 is 2.56 bits per heavy atom. The van der Waals surface area contributed by atoms with E-state index < -0.39 is 0 Å². The fourth-order valence-electron chi connectivity index (χ4n) is 2.34. The summed E-state index contributed by atoms with van der Waals surface area (Å²) in [5, 5.41) is 15.9. The first-order chi connectivity index (χ1) is 12.2. The standard InChI is InChI=1S/C19H25ClN2O3/c1-24-19-12-15(13-22-8-7-21-9-10-23)5-6-18(19)25-14-16-3-2-4-17(20)11-16/h2-6,11-12,21-23H,7-10,13-14H2,1H3. The van der Waals surface area contributed by atoms with Gasteiger partial charge in [-0.05, 0) is 35.4 Å². The van der Waals surface area contributed by atoms with Gasteiger partial charge in [0.25, 0.3) is 0 Å². The molecule has 3 N–H and O–H groups in total. The molecule has 0 spiro atoms. The molecule has 0 aliphatic rings. The third-order valence-electron chi connectivity index (χ3n) is 3.61. The molecule has 0 bridgehead atoms. The predicted molar refractivity (Wildman–Crippen MR) is 100 cm³/mol. The zero-order valence-corrected chi connectivity index (χ0v) is 15.2.